The molecule has 0 unspecified atom stereocenters. The number of carbonyl (C=O) groups is 1. The van der Waals surface area contributed by atoms with Crippen LogP contribution in [0.25, 0.3) is 10.9 Å². The molecular weight excluding hydrogens is 381 g/mol. The first kappa shape index (κ1) is 17.7. The van der Waals surface area contributed by atoms with E-state index in [1.807, 2.05) is 31.2 Å². The van der Waals surface area contributed by atoms with Crippen LogP contribution in [0.3, 0.4) is 0 Å². The van der Waals surface area contributed by atoms with Gasteiger partial charge in [-0.05, 0) is 42.8 Å². The van der Waals surface area contributed by atoms with Gasteiger partial charge in [0, 0.05) is 16.0 Å². The van der Waals surface area contributed by atoms with Crippen LogP contribution in [-0.4, -0.2) is 17.1 Å². The fraction of sp³-hybridized carbons (Fsp3) is 0.0556. The van der Waals surface area contributed by atoms with E-state index in [4.69, 9.17) is 34.8 Å². The van der Waals surface area contributed by atoms with Crippen molar-refractivity contribution >= 4 is 57.8 Å². The topological polar surface area (TPSA) is 54.4 Å². The zero-order chi connectivity index (χ0) is 18.0. The van der Waals surface area contributed by atoms with E-state index in [1.54, 1.807) is 6.07 Å². The minimum atomic E-state index is -0.446. The summed E-state index contributed by atoms with van der Waals surface area (Å²) in [5, 5.41) is 5.87. The Hall–Kier alpha value is -2.14. The summed E-state index contributed by atoms with van der Waals surface area (Å²) < 4.78 is 0. The van der Waals surface area contributed by atoms with Crippen molar-refractivity contribution < 1.29 is 4.79 Å². The maximum atomic E-state index is 12.1. The molecule has 126 valence electrons. The fourth-order valence-corrected chi connectivity index (χ4v) is 2.94. The van der Waals surface area contributed by atoms with Crippen LogP contribution in [0.15, 0.2) is 47.6 Å². The molecule has 4 nitrogen and oxygen atoms in total. The molecule has 0 bridgehead atoms. The third-order valence-electron chi connectivity index (χ3n) is 3.50. The Bertz CT molecular complexity index is 1000. The molecule has 1 aromatic heterocycles. The van der Waals surface area contributed by atoms with E-state index in [1.165, 1.54) is 18.3 Å². The molecule has 3 rings (SSSR count). The molecule has 7 heteroatoms. The number of hydrogen-bond donors (Lipinski definition) is 1. The number of carbonyl (C=O) groups excluding carboxylic acids is 1. The Balaban J connectivity index is 1.80. The standard InChI is InChI=1S/C18H12Cl3N3O/c1-10-2-3-11-7-12(17(21)23-16(11)6-10)9-22-24-18(25)14-5-4-13(19)8-15(14)20/h2-9H,1H3,(H,24,25)/b22-9-. The number of fused-ring (bicyclic) bond motifs is 1. The van der Waals surface area contributed by atoms with Crippen molar-refractivity contribution in [2.45, 2.75) is 6.92 Å². The molecular formula is C18H12Cl3N3O. The number of amides is 1. The zero-order valence-electron chi connectivity index (χ0n) is 13.1. The molecule has 2 aromatic carbocycles. The molecule has 0 aliphatic heterocycles. The molecule has 1 heterocycles. The first-order chi connectivity index (χ1) is 11.9. The summed E-state index contributed by atoms with van der Waals surface area (Å²) in [4.78, 5) is 16.4. The van der Waals surface area contributed by atoms with Gasteiger partial charge in [0.2, 0.25) is 0 Å². The second-order valence-electron chi connectivity index (χ2n) is 5.39. The normalized spacial score (nSPS) is 11.2. The number of nitrogens with zero attached hydrogens (tertiary/aromatic N) is 2. The van der Waals surface area contributed by atoms with Crippen LogP contribution < -0.4 is 5.43 Å². The van der Waals surface area contributed by atoms with Gasteiger partial charge in [0.25, 0.3) is 5.91 Å². The highest BCUT2D eigenvalue weighted by Crippen LogP contribution is 2.22. The zero-order valence-corrected chi connectivity index (χ0v) is 15.3. The average Bonchev–Trinajstić information content (AvgIpc) is 2.55. The molecule has 0 radical (unpaired) electrons. The molecule has 3 aromatic rings. The van der Waals surface area contributed by atoms with E-state index in [-0.39, 0.29) is 10.6 Å². The van der Waals surface area contributed by atoms with Crippen molar-refractivity contribution in [3.05, 3.63) is 74.4 Å². The molecule has 0 atom stereocenters. The molecule has 0 spiro atoms. The molecule has 25 heavy (non-hydrogen) atoms. The Kier molecular flexibility index (Phi) is 5.23. The van der Waals surface area contributed by atoms with E-state index in [0.717, 1.165) is 16.5 Å². The number of halogens is 3. The first-order valence-corrected chi connectivity index (χ1v) is 8.43. The quantitative estimate of drug-likeness (QED) is 0.375. The van der Waals surface area contributed by atoms with Gasteiger partial charge in [-0.25, -0.2) is 10.4 Å². The Morgan fingerprint density at radius 1 is 1.12 bits per heavy atom. The van der Waals surface area contributed by atoms with Gasteiger partial charge in [-0.1, -0.05) is 46.9 Å². The van der Waals surface area contributed by atoms with Crippen molar-refractivity contribution in [2.75, 3.05) is 0 Å². The van der Waals surface area contributed by atoms with Crippen molar-refractivity contribution in [2.24, 2.45) is 5.10 Å². The van der Waals surface area contributed by atoms with E-state index >= 15 is 0 Å². The van der Waals surface area contributed by atoms with Crippen molar-refractivity contribution in [1.82, 2.24) is 10.4 Å². The fourth-order valence-electron chi connectivity index (χ4n) is 2.25. The molecule has 0 aliphatic carbocycles. The summed E-state index contributed by atoms with van der Waals surface area (Å²) in [5.41, 5.74) is 5.19. The predicted octanol–water partition coefficient (Wildman–Crippen LogP) is 5.27. The van der Waals surface area contributed by atoms with Gasteiger partial charge in [0.15, 0.2) is 0 Å². The van der Waals surface area contributed by atoms with Crippen LogP contribution in [0.2, 0.25) is 15.2 Å². The summed E-state index contributed by atoms with van der Waals surface area (Å²) in [6.07, 6.45) is 1.44. The summed E-state index contributed by atoms with van der Waals surface area (Å²) >= 11 is 18.0. The summed E-state index contributed by atoms with van der Waals surface area (Å²) in [6, 6.07) is 12.4. The van der Waals surface area contributed by atoms with E-state index in [9.17, 15) is 4.79 Å². The SMILES string of the molecule is Cc1ccc2cc(/C=N\NC(=O)c3ccc(Cl)cc3Cl)c(Cl)nc2c1. The lowest BCUT2D eigenvalue weighted by atomic mass is 10.1. The highest BCUT2D eigenvalue weighted by Gasteiger charge is 2.10. The highest BCUT2D eigenvalue weighted by molar-refractivity contribution is 6.36. The lowest BCUT2D eigenvalue weighted by molar-refractivity contribution is 0.0955. The number of hydrazone groups is 1. The first-order valence-electron chi connectivity index (χ1n) is 7.29. The maximum absolute atomic E-state index is 12.1. The highest BCUT2D eigenvalue weighted by atomic mass is 35.5. The molecule has 0 saturated heterocycles. The van der Waals surface area contributed by atoms with Crippen LogP contribution >= 0.6 is 34.8 Å². The lowest BCUT2D eigenvalue weighted by Gasteiger charge is -2.04. The molecule has 0 saturated carbocycles. The molecule has 0 fully saturated rings. The number of hydrogen-bond acceptors (Lipinski definition) is 3. The third-order valence-corrected chi connectivity index (χ3v) is 4.35. The van der Waals surface area contributed by atoms with Gasteiger partial charge >= 0.3 is 0 Å². The van der Waals surface area contributed by atoms with Crippen molar-refractivity contribution in [3.8, 4) is 0 Å². The average molecular weight is 393 g/mol. The number of rotatable bonds is 3. The minimum absolute atomic E-state index is 0.251. The van der Waals surface area contributed by atoms with Gasteiger partial charge in [0.05, 0.1) is 22.3 Å². The van der Waals surface area contributed by atoms with Crippen LogP contribution in [0.4, 0.5) is 0 Å². The van der Waals surface area contributed by atoms with Gasteiger partial charge in [-0.15, -0.1) is 0 Å². The van der Waals surface area contributed by atoms with Crippen molar-refractivity contribution in [3.63, 3.8) is 0 Å². The van der Waals surface area contributed by atoms with Crippen LogP contribution in [0, 0.1) is 6.92 Å². The Morgan fingerprint density at radius 2 is 1.92 bits per heavy atom. The maximum Gasteiger partial charge on any atom is 0.272 e. The van der Waals surface area contributed by atoms with Crippen molar-refractivity contribution in [1.29, 1.82) is 0 Å². The number of pyridine rings is 1. The van der Waals surface area contributed by atoms with Gasteiger partial charge in [0.1, 0.15) is 5.15 Å². The molecule has 1 N–H and O–H groups in total. The number of benzene rings is 2. The van der Waals surface area contributed by atoms with Gasteiger partial charge < -0.3 is 0 Å². The predicted molar refractivity (Wildman–Crippen MR) is 103 cm³/mol. The second kappa shape index (κ2) is 7.40. The van der Waals surface area contributed by atoms with Gasteiger partial charge in [-0.3, -0.25) is 4.79 Å². The molecule has 0 aliphatic rings. The molecule has 1 amide bonds. The smallest absolute Gasteiger partial charge is 0.267 e. The Labute approximate surface area is 159 Å². The number of nitrogens with one attached hydrogen (secondary N) is 1. The minimum Gasteiger partial charge on any atom is -0.267 e. The van der Waals surface area contributed by atoms with Crippen LogP contribution in [-0.2, 0) is 0 Å². The van der Waals surface area contributed by atoms with Crippen LogP contribution in [0.1, 0.15) is 21.5 Å². The van der Waals surface area contributed by atoms with E-state index in [2.05, 4.69) is 15.5 Å². The number of aryl methyl sites for hydroxylation is 1. The second-order valence-corrected chi connectivity index (χ2v) is 6.59. The Morgan fingerprint density at radius 3 is 2.68 bits per heavy atom. The lowest BCUT2D eigenvalue weighted by Crippen LogP contribution is -2.18. The van der Waals surface area contributed by atoms with Gasteiger partial charge in [-0.2, -0.15) is 5.10 Å². The summed E-state index contributed by atoms with van der Waals surface area (Å²) in [6.45, 7) is 1.99. The van der Waals surface area contributed by atoms with Crippen LogP contribution in [0.5, 0.6) is 0 Å². The number of aromatic nitrogens is 1. The largest absolute Gasteiger partial charge is 0.272 e. The monoisotopic (exact) mass is 391 g/mol. The summed E-state index contributed by atoms with van der Waals surface area (Å²) in [7, 11) is 0. The van der Waals surface area contributed by atoms with E-state index < -0.39 is 5.91 Å². The summed E-state index contributed by atoms with van der Waals surface area (Å²) in [5.74, 6) is -0.446. The van der Waals surface area contributed by atoms with E-state index in [0.29, 0.717) is 15.7 Å². The third kappa shape index (κ3) is 4.10.